The molecular formula is C18H16O3. The van der Waals surface area contributed by atoms with Crippen LogP contribution in [0.25, 0.3) is 6.08 Å². The predicted octanol–water partition coefficient (Wildman–Crippen LogP) is 2.99. The van der Waals surface area contributed by atoms with Crippen molar-refractivity contribution in [2.45, 2.75) is 18.4 Å². The van der Waals surface area contributed by atoms with Gasteiger partial charge in [0.25, 0.3) is 0 Å². The fourth-order valence-corrected chi connectivity index (χ4v) is 2.92. The van der Waals surface area contributed by atoms with Crippen LogP contribution in [0, 0.1) is 0 Å². The largest absolute Gasteiger partial charge is 0.478 e. The van der Waals surface area contributed by atoms with Gasteiger partial charge in [0.2, 0.25) is 0 Å². The fourth-order valence-electron chi connectivity index (χ4n) is 2.92. The summed E-state index contributed by atoms with van der Waals surface area (Å²) in [6.07, 6.45) is 2.17. The van der Waals surface area contributed by atoms with E-state index >= 15 is 0 Å². The van der Waals surface area contributed by atoms with Crippen LogP contribution in [-0.2, 0) is 16.8 Å². The number of aliphatic carboxylic acids is 1. The lowest BCUT2D eigenvalue weighted by Gasteiger charge is -2.33. The van der Waals surface area contributed by atoms with Crippen molar-refractivity contribution in [2.24, 2.45) is 0 Å². The molecule has 1 aliphatic carbocycles. The van der Waals surface area contributed by atoms with Crippen LogP contribution in [-0.4, -0.2) is 16.2 Å². The van der Waals surface area contributed by atoms with Gasteiger partial charge >= 0.3 is 5.97 Å². The van der Waals surface area contributed by atoms with Crippen molar-refractivity contribution in [1.82, 2.24) is 0 Å². The highest BCUT2D eigenvalue weighted by Gasteiger charge is 2.37. The van der Waals surface area contributed by atoms with Gasteiger partial charge in [-0.15, -0.1) is 0 Å². The van der Waals surface area contributed by atoms with Gasteiger partial charge in [0.1, 0.15) is 0 Å². The maximum absolute atomic E-state index is 11.3. The first kappa shape index (κ1) is 13.6. The lowest BCUT2D eigenvalue weighted by atomic mass is 9.76. The Hall–Kier alpha value is -2.39. The molecule has 0 radical (unpaired) electrons. The molecule has 2 aromatic rings. The number of rotatable bonds is 3. The van der Waals surface area contributed by atoms with Crippen LogP contribution in [0.3, 0.4) is 0 Å². The Balaban J connectivity index is 2.05. The number of carboxylic acids is 1. The van der Waals surface area contributed by atoms with Crippen molar-refractivity contribution in [3.05, 3.63) is 76.9 Å². The van der Waals surface area contributed by atoms with Gasteiger partial charge in [0.15, 0.2) is 0 Å². The summed E-state index contributed by atoms with van der Waals surface area (Å²) in [5.41, 5.74) is 1.62. The van der Waals surface area contributed by atoms with E-state index in [1.54, 1.807) is 6.08 Å². The molecule has 0 aliphatic heterocycles. The molecule has 3 heteroatoms. The molecule has 0 bridgehead atoms. The molecule has 0 spiro atoms. The first-order valence-corrected chi connectivity index (χ1v) is 6.88. The molecule has 0 fully saturated rings. The zero-order valence-corrected chi connectivity index (χ0v) is 11.5. The van der Waals surface area contributed by atoms with Crippen molar-refractivity contribution in [3.63, 3.8) is 0 Å². The van der Waals surface area contributed by atoms with Crippen LogP contribution in [0.4, 0.5) is 0 Å². The van der Waals surface area contributed by atoms with Crippen molar-refractivity contribution in [1.29, 1.82) is 0 Å². The van der Waals surface area contributed by atoms with Crippen LogP contribution < -0.4 is 0 Å². The Morgan fingerprint density at radius 1 is 1.05 bits per heavy atom. The summed E-state index contributed by atoms with van der Waals surface area (Å²) < 4.78 is 0. The highest BCUT2D eigenvalue weighted by Crippen LogP contribution is 2.39. The zero-order valence-electron chi connectivity index (χ0n) is 11.5. The lowest BCUT2D eigenvalue weighted by Crippen LogP contribution is -2.33. The highest BCUT2D eigenvalue weighted by atomic mass is 16.4. The van der Waals surface area contributed by atoms with Crippen LogP contribution in [0.15, 0.2) is 60.2 Å². The molecule has 0 aromatic heterocycles. The Morgan fingerprint density at radius 3 is 2.43 bits per heavy atom. The predicted molar refractivity (Wildman–Crippen MR) is 80.7 cm³/mol. The Bertz CT molecular complexity index is 703. The Labute approximate surface area is 123 Å². The monoisotopic (exact) mass is 280 g/mol. The minimum absolute atomic E-state index is 0.119. The topological polar surface area (TPSA) is 57.5 Å². The van der Waals surface area contributed by atoms with E-state index in [9.17, 15) is 15.0 Å². The molecule has 0 saturated heterocycles. The summed E-state index contributed by atoms with van der Waals surface area (Å²) in [4.78, 5) is 11.3. The van der Waals surface area contributed by atoms with E-state index in [-0.39, 0.29) is 12.0 Å². The Morgan fingerprint density at radius 2 is 1.71 bits per heavy atom. The molecule has 106 valence electrons. The third kappa shape index (κ3) is 2.60. The maximum Gasteiger partial charge on any atom is 0.331 e. The molecule has 1 unspecified atom stereocenters. The molecule has 2 aromatic carbocycles. The van der Waals surface area contributed by atoms with Crippen molar-refractivity contribution >= 4 is 12.0 Å². The van der Waals surface area contributed by atoms with E-state index in [2.05, 4.69) is 0 Å². The summed E-state index contributed by atoms with van der Waals surface area (Å²) in [7, 11) is 0. The van der Waals surface area contributed by atoms with Crippen LogP contribution in [0.1, 0.15) is 23.1 Å². The van der Waals surface area contributed by atoms with E-state index in [0.717, 1.165) is 16.7 Å². The maximum atomic E-state index is 11.3. The molecule has 0 heterocycles. The Kier molecular flexibility index (Phi) is 3.35. The second kappa shape index (κ2) is 5.19. The summed E-state index contributed by atoms with van der Waals surface area (Å²) in [6.45, 7) is 0. The summed E-state index contributed by atoms with van der Waals surface area (Å²) in [5.74, 6) is -0.976. The molecule has 21 heavy (non-hydrogen) atoms. The standard InChI is InChI=1S/C18H16O3/c19-17(20)15-10-14-8-4-5-9-16(14)18(21,12-15)11-13-6-2-1-3-7-13/h1-10,21H,11-12H2,(H,19,20). The van der Waals surface area contributed by atoms with Gasteiger partial charge in [0, 0.05) is 18.4 Å². The quantitative estimate of drug-likeness (QED) is 0.908. The number of fused-ring (bicyclic) bond motifs is 1. The number of carbonyl (C=O) groups is 1. The highest BCUT2D eigenvalue weighted by molar-refractivity contribution is 5.93. The van der Waals surface area contributed by atoms with E-state index < -0.39 is 11.6 Å². The second-order valence-electron chi connectivity index (χ2n) is 5.43. The zero-order chi connectivity index (χ0) is 14.9. The first-order valence-electron chi connectivity index (χ1n) is 6.88. The average molecular weight is 280 g/mol. The number of benzene rings is 2. The normalized spacial score (nSPS) is 20.5. The molecular weight excluding hydrogens is 264 g/mol. The molecule has 0 saturated carbocycles. The minimum atomic E-state index is -1.18. The molecule has 1 atom stereocenters. The van der Waals surface area contributed by atoms with Crippen LogP contribution in [0.2, 0.25) is 0 Å². The lowest BCUT2D eigenvalue weighted by molar-refractivity contribution is -0.133. The molecule has 3 rings (SSSR count). The van der Waals surface area contributed by atoms with Gasteiger partial charge in [-0.25, -0.2) is 4.79 Å². The smallest absolute Gasteiger partial charge is 0.331 e. The fraction of sp³-hybridized carbons (Fsp3) is 0.167. The average Bonchev–Trinajstić information content (AvgIpc) is 2.48. The van der Waals surface area contributed by atoms with Gasteiger partial charge in [-0.05, 0) is 22.8 Å². The van der Waals surface area contributed by atoms with Crippen molar-refractivity contribution in [3.8, 4) is 0 Å². The van der Waals surface area contributed by atoms with E-state index in [0.29, 0.717) is 6.42 Å². The molecule has 0 amide bonds. The summed E-state index contributed by atoms with van der Waals surface area (Å²) in [5, 5.41) is 20.4. The van der Waals surface area contributed by atoms with Crippen molar-refractivity contribution in [2.75, 3.05) is 0 Å². The molecule has 3 nitrogen and oxygen atoms in total. The van der Waals surface area contributed by atoms with Gasteiger partial charge in [-0.2, -0.15) is 0 Å². The SMILES string of the molecule is O=C(O)C1=Cc2ccccc2C(O)(Cc2ccccc2)C1. The summed E-state index contributed by atoms with van der Waals surface area (Å²) >= 11 is 0. The van der Waals surface area contributed by atoms with Crippen LogP contribution >= 0.6 is 0 Å². The van der Waals surface area contributed by atoms with E-state index in [1.165, 1.54) is 0 Å². The van der Waals surface area contributed by atoms with Crippen LogP contribution in [0.5, 0.6) is 0 Å². The number of hydrogen-bond acceptors (Lipinski definition) is 2. The first-order chi connectivity index (χ1) is 10.1. The number of aliphatic hydroxyl groups is 1. The van der Waals surface area contributed by atoms with Gasteiger partial charge < -0.3 is 10.2 Å². The third-order valence-corrected chi connectivity index (χ3v) is 3.89. The van der Waals surface area contributed by atoms with E-state index in [4.69, 9.17) is 0 Å². The number of hydrogen-bond donors (Lipinski definition) is 2. The van der Waals surface area contributed by atoms with Crippen molar-refractivity contribution < 1.29 is 15.0 Å². The summed E-state index contributed by atoms with van der Waals surface area (Å²) in [6, 6.07) is 17.1. The number of carboxylic acid groups (broad SMARTS) is 1. The third-order valence-electron chi connectivity index (χ3n) is 3.89. The second-order valence-corrected chi connectivity index (χ2v) is 5.43. The van der Waals surface area contributed by atoms with Gasteiger partial charge in [-0.1, -0.05) is 54.6 Å². The van der Waals surface area contributed by atoms with E-state index in [1.807, 2.05) is 54.6 Å². The van der Waals surface area contributed by atoms with Gasteiger partial charge in [-0.3, -0.25) is 0 Å². The van der Waals surface area contributed by atoms with Gasteiger partial charge in [0.05, 0.1) is 5.60 Å². The minimum Gasteiger partial charge on any atom is -0.478 e. The molecule has 2 N–H and O–H groups in total. The molecule has 1 aliphatic rings.